The van der Waals surface area contributed by atoms with Crippen molar-refractivity contribution in [1.82, 2.24) is 19.8 Å². The molecule has 1 aromatic heterocycles. The Morgan fingerprint density at radius 2 is 2.09 bits per heavy atom. The third-order valence-electron chi connectivity index (χ3n) is 4.63. The van der Waals surface area contributed by atoms with Crippen LogP contribution in [0.5, 0.6) is 0 Å². The highest BCUT2D eigenvalue weighted by molar-refractivity contribution is 6.07. The minimum absolute atomic E-state index is 0.000252. The number of alkyl halides is 2. The summed E-state index contributed by atoms with van der Waals surface area (Å²) >= 11 is 0. The van der Waals surface area contributed by atoms with Crippen LogP contribution in [-0.4, -0.2) is 31.9 Å². The summed E-state index contributed by atoms with van der Waals surface area (Å²) in [6.45, 7) is -0.868. The van der Waals surface area contributed by atoms with Crippen LogP contribution in [0.3, 0.4) is 0 Å². The number of urea groups is 1. The van der Waals surface area contributed by atoms with Gasteiger partial charge >= 0.3 is 12.6 Å². The zero-order valence-corrected chi connectivity index (χ0v) is 12.3. The first-order valence-corrected chi connectivity index (χ1v) is 7.37. The first kappa shape index (κ1) is 14.9. The summed E-state index contributed by atoms with van der Waals surface area (Å²) in [7, 11) is 0. The van der Waals surface area contributed by atoms with Crippen LogP contribution in [0.25, 0.3) is 0 Å². The Morgan fingerprint density at radius 3 is 2.73 bits per heavy atom. The van der Waals surface area contributed by atoms with E-state index in [0.717, 1.165) is 23.9 Å². The van der Waals surface area contributed by atoms with E-state index in [1.807, 2.05) is 0 Å². The highest BCUT2D eigenvalue weighted by Crippen LogP contribution is 2.36. The summed E-state index contributed by atoms with van der Waals surface area (Å²) in [6, 6.07) is -0.525. The molecule has 1 spiro atoms. The molecule has 1 aliphatic carbocycles. The van der Waals surface area contributed by atoms with Gasteiger partial charge in [0, 0.05) is 12.4 Å². The molecule has 3 amide bonds. The molecule has 0 atom stereocenters. The molecule has 6 nitrogen and oxygen atoms in total. The van der Waals surface area contributed by atoms with Crippen LogP contribution < -0.4 is 5.32 Å². The van der Waals surface area contributed by atoms with Crippen molar-refractivity contribution in [3.8, 4) is 0 Å². The number of carbonyl (C=O) groups excluding carboxylic acids is 2. The van der Waals surface area contributed by atoms with Gasteiger partial charge in [0.15, 0.2) is 0 Å². The van der Waals surface area contributed by atoms with E-state index in [1.54, 1.807) is 0 Å². The lowest BCUT2D eigenvalue weighted by molar-refractivity contribution is -0.133. The van der Waals surface area contributed by atoms with Gasteiger partial charge in [-0.05, 0) is 31.6 Å². The number of rotatable bonds is 3. The van der Waals surface area contributed by atoms with Gasteiger partial charge in [0.1, 0.15) is 11.4 Å². The molecule has 0 radical (unpaired) electrons. The van der Waals surface area contributed by atoms with Crippen LogP contribution >= 0.6 is 0 Å². The van der Waals surface area contributed by atoms with E-state index in [1.165, 1.54) is 6.20 Å². The largest absolute Gasteiger partial charge is 0.325 e. The number of aromatic nitrogens is 2. The molecular weight excluding hydrogens is 294 g/mol. The Morgan fingerprint density at radius 1 is 1.41 bits per heavy atom. The number of hydrogen-bond acceptors (Lipinski definition) is 3. The van der Waals surface area contributed by atoms with Crippen molar-refractivity contribution in [3.05, 3.63) is 18.2 Å². The summed E-state index contributed by atoms with van der Waals surface area (Å²) in [5, 5.41) is 2.76. The topological polar surface area (TPSA) is 67.2 Å². The minimum Gasteiger partial charge on any atom is -0.323 e. The SMILES string of the molecule is CC1CCC2(CC1)NC(=O)N(Cc1nccn1C(F)F)C2=O. The van der Waals surface area contributed by atoms with Gasteiger partial charge in [0.2, 0.25) is 0 Å². The second-order valence-corrected chi connectivity index (χ2v) is 6.11. The predicted octanol–water partition coefficient (Wildman–Crippen LogP) is 2.28. The molecule has 0 unspecified atom stereocenters. The lowest BCUT2D eigenvalue weighted by atomic mass is 9.77. The van der Waals surface area contributed by atoms with Gasteiger partial charge in [-0.15, -0.1) is 0 Å². The molecule has 1 aromatic rings. The molecule has 120 valence electrons. The number of nitrogens with one attached hydrogen (secondary N) is 1. The number of hydrogen-bond donors (Lipinski definition) is 1. The maximum atomic E-state index is 12.8. The molecule has 2 fully saturated rings. The summed E-state index contributed by atoms with van der Waals surface area (Å²) in [6.07, 6.45) is 5.29. The van der Waals surface area contributed by atoms with E-state index in [4.69, 9.17) is 0 Å². The first-order valence-electron chi connectivity index (χ1n) is 7.37. The predicted molar refractivity (Wildman–Crippen MR) is 72.9 cm³/mol. The molecule has 2 heterocycles. The molecular formula is C14H18F2N4O2. The van der Waals surface area contributed by atoms with Gasteiger partial charge in [-0.25, -0.2) is 9.78 Å². The average Bonchev–Trinajstić information content (AvgIpc) is 3.02. The summed E-state index contributed by atoms with van der Waals surface area (Å²) in [5.41, 5.74) is -0.855. The number of imide groups is 1. The Hall–Kier alpha value is -1.99. The van der Waals surface area contributed by atoms with Crippen LogP contribution in [0, 0.1) is 5.92 Å². The summed E-state index contributed by atoms with van der Waals surface area (Å²) < 4.78 is 26.3. The van der Waals surface area contributed by atoms with E-state index in [0.29, 0.717) is 23.3 Å². The standard InChI is InChI=1S/C14H18F2N4O2/c1-9-2-4-14(5-3-9)11(21)20(13(22)18-14)8-10-17-6-7-19(10)12(15)16/h6-7,9,12H,2-5,8H2,1H3,(H,18,22). The van der Waals surface area contributed by atoms with E-state index in [9.17, 15) is 18.4 Å². The summed E-state index contributed by atoms with van der Waals surface area (Å²) in [5.74, 6) is 0.204. The van der Waals surface area contributed by atoms with Crippen molar-refractivity contribution in [1.29, 1.82) is 0 Å². The van der Waals surface area contributed by atoms with Crippen molar-refractivity contribution >= 4 is 11.9 Å². The highest BCUT2D eigenvalue weighted by atomic mass is 19.3. The van der Waals surface area contributed by atoms with Gasteiger partial charge < -0.3 is 5.32 Å². The molecule has 8 heteroatoms. The molecule has 22 heavy (non-hydrogen) atoms. The smallest absolute Gasteiger partial charge is 0.323 e. The number of amides is 3. The van der Waals surface area contributed by atoms with Crippen molar-refractivity contribution in [2.24, 2.45) is 5.92 Å². The molecule has 2 aliphatic rings. The summed E-state index contributed by atoms with van der Waals surface area (Å²) in [4.78, 5) is 29.6. The van der Waals surface area contributed by atoms with Crippen LogP contribution in [0.15, 0.2) is 12.4 Å². The van der Waals surface area contributed by atoms with E-state index >= 15 is 0 Å². The number of imidazole rings is 1. The van der Waals surface area contributed by atoms with Crippen molar-refractivity contribution in [2.75, 3.05) is 0 Å². The number of carbonyl (C=O) groups is 2. The maximum Gasteiger partial charge on any atom is 0.325 e. The van der Waals surface area contributed by atoms with Crippen LogP contribution in [0.2, 0.25) is 0 Å². The van der Waals surface area contributed by atoms with Gasteiger partial charge in [0.05, 0.1) is 6.54 Å². The molecule has 1 saturated carbocycles. The fraction of sp³-hybridized carbons (Fsp3) is 0.643. The van der Waals surface area contributed by atoms with Gasteiger partial charge in [-0.3, -0.25) is 14.3 Å². The zero-order valence-electron chi connectivity index (χ0n) is 12.3. The molecule has 0 bridgehead atoms. The van der Waals surface area contributed by atoms with Crippen molar-refractivity contribution in [3.63, 3.8) is 0 Å². The van der Waals surface area contributed by atoms with Crippen molar-refractivity contribution in [2.45, 2.75) is 51.2 Å². The maximum absolute atomic E-state index is 12.8. The van der Waals surface area contributed by atoms with Crippen molar-refractivity contribution < 1.29 is 18.4 Å². The van der Waals surface area contributed by atoms with E-state index in [-0.39, 0.29) is 18.3 Å². The van der Waals surface area contributed by atoms with Gasteiger partial charge in [-0.2, -0.15) is 8.78 Å². The quantitative estimate of drug-likeness (QED) is 0.871. The number of halogens is 2. The zero-order chi connectivity index (χ0) is 15.9. The van der Waals surface area contributed by atoms with Crippen LogP contribution in [-0.2, 0) is 11.3 Å². The Bertz CT molecular complexity index is 593. The normalized spacial score (nSPS) is 28.7. The lowest BCUT2D eigenvalue weighted by Crippen LogP contribution is -2.49. The average molecular weight is 312 g/mol. The van der Waals surface area contributed by atoms with E-state index < -0.39 is 18.1 Å². The minimum atomic E-state index is -2.75. The fourth-order valence-electron chi connectivity index (χ4n) is 3.20. The fourth-order valence-corrected chi connectivity index (χ4v) is 3.20. The lowest BCUT2D eigenvalue weighted by Gasteiger charge is -2.33. The Kier molecular flexibility index (Phi) is 3.62. The molecule has 1 aliphatic heterocycles. The Labute approximate surface area is 126 Å². The van der Waals surface area contributed by atoms with Crippen LogP contribution in [0.1, 0.15) is 45.0 Å². The molecule has 0 aromatic carbocycles. The van der Waals surface area contributed by atoms with Gasteiger partial charge in [-0.1, -0.05) is 6.92 Å². The molecule has 1 N–H and O–H groups in total. The third kappa shape index (κ3) is 2.36. The second kappa shape index (κ2) is 5.33. The van der Waals surface area contributed by atoms with Gasteiger partial charge in [0.25, 0.3) is 5.91 Å². The number of nitrogens with zero attached hydrogens (tertiary/aromatic N) is 3. The molecule has 1 saturated heterocycles. The first-order chi connectivity index (χ1) is 10.4. The molecule has 3 rings (SSSR count). The monoisotopic (exact) mass is 312 g/mol. The van der Waals surface area contributed by atoms with Crippen LogP contribution in [0.4, 0.5) is 13.6 Å². The Balaban J connectivity index is 1.79. The highest BCUT2D eigenvalue weighted by Gasteiger charge is 2.52. The van der Waals surface area contributed by atoms with E-state index in [2.05, 4.69) is 17.2 Å². The third-order valence-corrected chi connectivity index (χ3v) is 4.63. The second-order valence-electron chi connectivity index (χ2n) is 6.11.